The summed E-state index contributed by atoms with van der Waals surface area (Å²) in [5, 5.41) is 16.2. The molecule has 0 fully saturated rings. The van der Waals surface area contributed by atoms with Gasteiger partial charge in [0.2, 0.25) is 5.88 Å². The highest BCUT2D eigenvalue weighted by molar-refractivity contribution is 5.56. The second kappa shape index (κ2) is 6.57. The number of hydrogen-bond donors (Lipinski definition) is 0. The maximum absolute atomic E-state index is 12.8. The maximum Gasteiger partial charge on any atom is 0.416 e. The van der Waals surface area contributed by atoms with Crippen molar-refractivity contribution in [2.75, 3.05) is 0 Å². The Balaban J connectivity index is 1.87. The molecule has 0 aliphatic carbocycles. The normalized spacial score (nSPS) is 11.0. The summed E-state index contributed by atoms with van der Waals surface area (Å²) in [6.45, 7) is 0. The van der Waals surface area contributed by atoms with Crippen LogP contribution >= 0.6 is 0 Å². The van der Waals surface area contributed by atoms with Gasteiger partial charge in [-0.2, -0.15) is 28.5 Å². The second-order valence-corrected chi connectivity index (χ2v) is 4.94. The van der Waals surface area contributed by atoms with Crippen molar-refractivity contribution in [2.45, 2.75) is 6.18 Å². The number of rotatable bonds is 3. The second-order valence-electron chi connectivity index (χ2n) is 4.94. The molecule has 0 saturated heterocycles. The zero-order valence-electron chi connectivity index (χ0n) is 12.5. The number of ether oxygens (including phenoxy) is 1. The van der Waals surface area contributed by atoms with Gasteiger partial charge in [-0.15, -0.1) is 5.10 Å². The molecule has 124 valence electrons. The SMILES string of the molecule is N#Cc1ccc(Oc2cnnc(-c3cccc(C(F)(F)F)c3)n2)cc1. The lowest BCUT2D eigenvalue weighted by atomic mass is 10.1. The zero-order valence-corrected chi connectivity index (χ0v) is 12.5. The van der Waals surface area contributed by atoms with Gasteiger partial charge in [-0.3, -0.25) is 0 Å². The summed E-state index contributed by atoms with van der Waals surface area (Å²) in [6.07, 6.45) is -3.21. The van der Waals surface area contributed by atoms with E-state index in [9.17, 15) is 13.2 Å². The number of benzene rings is 2. The summed E-state index contributed by atoms with van der Waals surface area (Å²) < 4.78 is 43.9. The van der Waals surface area contributed by atoms with Gasteiger partial charge in [0.1, 0.15) is 11.9 Å². The van der Waals surface area contributed by atoms with Crippen LogP contribution in [0.2, 0.25) is 0 Å². The number of halogens is 3. The van der Waals surface area contributed by atoms with E-state index in [4.69, 9.17) is 10.00 Å². The van der Waals surface area contributed by atoms with Gasteiger partial charge in [-0.1, -0.05) is 12.1 Å². The Bertz CT molecular complexity index is 934. The van der Waals surface area contributed by atoms with E-state index in [1.807, 2.05) is 6.07 Å². The van der Waals surface area contributed by atoms with Crippen molar-refractivity contribution in [1.29, 1.82) is 5.26 Å². The highest BCUT2D eigenvalue weighted by atomic mass is 19.4. The molecule has 25 heavy (non-hydrogen) atoms. The molecule has 0 aliphatic rings. The molecule has 0 atom stereocenters. The Morgan fingerprint density at radius 1 is 1.04 bits per heavy atom. The van der Waals surface area contributed by atoms with Gasteiger partial charge in [0.25, 0.3) is 0 Å². The van der Waals surface area contributed by atoms with Crippen LogP contribution in [0.1, 0.15) is 11.1 Å². The largest absolute Gasteiger partial charge is 0.437 e. The molecule has 0 radical (unpaired) electrons. The molecule has 5 nitrogen and oxygen atoms in total. The fourth-order valence-corrected chi connectivity index (χ4v) is 2.01. The van der Waals surface area contributed by atoms with E-state index < -0.39 is 11.7 Å². The average Bonchev–Trinajstić information content (AvgIpc) is 2.62. The summed E-state index contributed by atoms with van der Waals surface area (Å²) in [4.78, 5) is 4.08. The number of alkyl halides is 3. The quantitative estimate of drug-likeness (QED) is 0.712. The van der Waals surface area contributed by atoms with Crippen molar-refractivity contribution in [3.8, 4) is 29.1 Å². The standard InChI is InChI=1S/C17H9F3N4O/c18-17(19,20)13-3-1-2-12(8-13)16-23-15(10-22-24-16)25-14-6-4-11(9-21)5-7-14/h1-8,10H. The number of aromatic nitrogens is 3. The van der Waals surface area contributed by atoms with Crippen LogP contribution in [0.4, 0.5) is 13.2 Å². The van der Waals surface area contributed by atoms with Gasteiger partial charge in [-0.25, -0.2) is 0 Å². The van der Waals surface area contributed by atoms with E-state index in [1.165, 1.54) is 18.3 Å². The third-order valence-corrected chi connectivity index (χ3v) is 3.19. The van der Waals surface area contributed by atoms with E-state index in [0.717, 1.165) is 12.1 Å². The van der Waals surface area contributed by atoms with Crippen molar-refractivity contribution in [3.05, 3.63) is 65.9 Å². The van der Waals surface area contributed by atoms with Crippen LogP contribution in [0.5, 0.6) is 11.6 Å². The van der Waals surface area contributed by atoms with Gasteiger partial charge >= 0.3 is 6.18 Å². The first-order valence-corrected chi connectivity index (χ1v) is 7.01. The molecule has 0 bridgehead atoms. The Morgan fingerprint density at radius 3 is 2.48 bits per heavy atom. The first-order chi connectivity index (χ1) is 12.0. The highest BCUT2D eigenvalue weighted by Crippen LogP contribution is 2.31. The summed E-state index contributed by atoms with van der Waals surface area (Å²) in [7, 11) is 0. The van der Waals surface area contributed by atoms with Crippen LogP contribution < -0.4 is 4.74 Å². The van der Waals surface area contributed by atoms with Crippen molar-refractivity contribution in [1.82, 2.24) is 15.2 Å². The third kappa shape index (κ3) is 3.90. The van der Waals surface area contributed by atoms with Gasteiger partial charge in [0, 0.05) is 5.56 Å². The van der Waals surface area contributed by atoms with Crippen LogP contribution in [-0.2, 0) is 6.18 Å². The van der Waals surface area contributed by atoms with Crippen LogP contribution in [-0.4, -0.2) is 15.2 Å². The molecule has 1 aromatic heterocycles. The maximum atomic E-state index is 12.8. The molecule has 8 heteroatoms. The van der Waals surface area contributed by atoms with E-state index in [1.54, 1.807) is 24.3 Å². The molecule has 0 N–H and O–H groups in total. The molecule has 1 heterocycles. The van der Waals surface area contributed by atoms with Crippen LogP contribution in [0, 0.1) is 11.3 Å². The van der Waals surface area contributed by atoms with Gasteiger partial charge in [-0.05, 0) is 36.4 Å². The Labute approximate surface area is 140 Å². The lowest BCUT2D eigenvalue weighted by molar-refractivity contribution is -0.137. The van der Waals surface area contributed by atoms with Crippen molar-refractivity contribution in [2.24, 2.45) is 0 Å². The molecule has 0 spiro atoms. The van der Waals surface area contributed by atoms with Gasteiger partial charge < -0.3 is 4.74 Å². The molecule has 0 amide bonds. The summed E-state index contributed by atoms with van der Waals surface area (Å²) in [5.74, 6) is 0.499. The topological polar surface area (TPSA) is 71.7 Å². The van der Waals surface area contributed by atoms with Crippen molar-refractivity contribution >= 4 is 0 Å². The van der Waals surface area contributed by atoms with E-state index in [2.05, 4.69) is 15.2 Å². The van der Waals surface area contributed by atoms with Gasteiger partial charge in [0.05, 0.1) is 17.2 Å². The molecule has 3 aromatic rings. The first-order valence-electron chi connectivity index (χ1n) is 7.01. The van der Waals surface area contributed by atoms with Crippen LogP contribution in [0.3, 0.4) is 0 Å². The zero-order chi connectivity index (χ0) is 17.9. The van der Waals surface area contributed by atoms with Crippen LogP contribution in [0.25, 0.3) is 11.4 Å². The Morgan fingerprint density at radius 2 is 1.80 bits per heavy atom. The van der Waals surface area contributed by atoms with Gasteiger partial charge in [0.15, 0.2) is 5.82 Å². The smallest absolute Gasteiger partial charge is 0.416 e. The molecule has 0 aliphatic heterocycles. The minimum absolute atomic E-state index is 0.0113. The monoisotopic (exact) mass is 342 g/mol. The number of nitriles is 1. The summed E-state index contributed by atoms with van der Waals surface area (Å²) in [5.41, 5.74) is -0.155. The summed E-state index contributed by atoms with van der Waals surface area (Å²) in [6, 6.07) is 12.9. The fourth-order valence-electron chi connectivity index (χ4n) is 2.01. The van der Waals surface area contributed by atoms with Crippen molar-refractivity contribution < 1.29 is 17.9 Å². The Kier molecular flexibility index (Phi) is 4.31. The predicted octanol–water partition coefficient (Wildman–Crippen LogP) is 4.22. The minimum Gasteiger partial charge on any atom is -0.437 e. The van der Waals surface area contributed by atoms with E-state index >= 15 is 0 Å². The van der Waals surface area contributed by atoms with E-state index in [-0.39, 0.29) is 17.3 Å². The fraction of sp³-hybridized carbons (Fsp3) is 0.0588. The number of hydrogen-bond acceptors (Lipinski definition) is 5. The molecular weight excluding hydrogens is 333 g/mol. The molecular formula is C17H9F3N4O. The molecule has 0 saturated carbocycles. The number of nitrogens with zero attached hydrogens (tertiary/aromatic N) is 4. The predicted molar refractivity (Wildman–Crippen MR) is 81.5 cm³/mol. The Hall–Kier alpha value is -3.47. The first kappa shape index (κ1) is 16.4. The highest BCUT2D eigenvalue weighted by Gasteiger charge is 2.30. The lowest BCUT2D eigenvalue weighted by Crippen LogP contribution is -2.05. The molecule has 0 unspecified atom stereocenters. The molecule has 2 aromatic carbocycles. The van der Waals surface area contributed by atoms with E-state index in [0.29, 0.717) is 11.3 Å². The van der Waals surface area contributed by atoms with Crippen molar-refractivity contribution in [3.63, 3.8) is 0 Å². The third-order valence-electron chi connectivity index (χ3n) is 3.19. The lowest BCUT2D eigenvalue weighted by Gasteiger charge is -2.08. The summed E-state index contributed by atoms with van der Waals surface area (Å²) >= 11 is 0. The van der Waals surface area contributed by atoms with Crippen LogP contribution in [0.15, 0.2) is 54.7 Å². The minimum atomic E-state index is -4.46. The average molecular weight is 342 g/mol. The molecule has 3 rings (SSSR count).